The highest BCUT2D eigenvalue weighted by Gasteiger charge is 2.22. The van der Waals surface area contributed by atoms with Gasteiger partial charge in [0.05, 0.1) is 7.11 Å². The lowest BCUT2D eigenvalue weighted by atomic mass is 9.85. The molecule has 0 bridgehead atoms. The number of rotatable bonds is 2. The minimum atomic E-state index is 0.0410. The summed E-state index contributed by atoms with van der Waals surface area (Å²) < 4.78 is 5.67. The van der Waals surface area contributed by atoms with Gasteiger partial charge in [0.2, 0.25) is 0 Å². The molecular formula is C24H16O2. The Morgan fingerprint density at radius 2 is 1.54 bits per heavy atom. The summed E-state index contributed by atoms with van der Waals surface area (Å²) in [4.78, 5) is 12.9. The van der Waals surface area contributed by atoms with E-state index in [4.69, 9.17) is 4.74 Å². The van der Waals surface area contributed by atoms with Crippen LogP contribution in [-0.2, 0) is 0 Å². The van der Waals surface area contributed by atoms with E-state index in [1.807, 2.05) is 36.4 Å². The normalized spacial score (nSPS) is 12.7. The lowest BCUT2D eigenvalue weighted by Crippen LogP contribution is -2.05. The van der Waals surface area contributed by atoms with Crippen LogP contribution in [0.1, 0.15) is 15.9 Å². The third kappa shape index (κ3) is 2.02. The lowest BCUT2D eigenvalue weighted by molar-refractivity contribution is 0.104. The Labute approximate surface area is 151 Å². The van der Waals surface area contributed by atoms with Gasteiger partial charge >= 0.3 is 0 Å². The summed E-state index contributed by atoms with van der Waals surface area (Å²) in [6.07, 6.45) is 3.57. The molecular weight excluding hydrogens is 320 g/mol. The number of ether oxygens (including phenoxy) is 1. The minimum absolute atomic E-state index is 0.0410. The molecule has 0 atom stereocenters. The highest BCUT2D eigenvalue weighted by Crippen LogP contribution is 2.42. The number of fused-ring (bicyclic) bond motifs is 1. The van der Waals surface area contributed by atoms with Crippen LogP contribution in [-0.4, -0.2) is 12.9 Å². The molecule has 0 amide bonds. The summed E-state index contributed by atoms with van der Waals surface area (Å²) in [5.74, 6) is 0.818. The van der Waals surface area contributed by atoms with Gasteiger partial charge in [-0.2, -0.15) is 0 Å². The summed E-state index contributed by atoms with van der Waals surface area (Å²) in [6, 6.07) is 22.5. The van der Waals surface area contributed by atoms with Crippen LogP contribution in [0.25, 0.3) is 38.7 Å². The van der Waals surface area contributed by atoms with E-state index in [0.29, 0.717) is 0 Å². The standard InChI is InChI=1S/C24H16O2/c1-26-21-14-11-15-5-2-3-8-18(15)23(21)19-12-9-16-6-4-7-17-10-13-20(25)24(19)22(16)17/h2-14H,1H3. The molecule has 2 nitrogen and oxygen atoms in total. The summed E-state index contributed by atoms with van der Waals surface area (Å²) >= 11 is 0. The fourth-order valence-corrected chi connectivity index (χ4v) is 3.96. The van der Waals surface area contributed by atoms with Crippen LogP contribution in [0.2, 0.25) is 0 Å². The number of hydrogen-bond donors (Lipinski definition) is 0. The fourth-order valence-electron chi connectivity index (χ4n) is 3.96. The molecule has 2 heteroatoms. The van der Waals surface area contributed by atoms with Crippen LogP contribution in [0.4, 0.5) is 0 Å². The molecule has 26 heavy (non-hydrogen) atoms. The summed E-state index contributed by atoms with van der Waals surface area (Å²) in [5.41, 5.74) is 3.74. The third-order valence-electron chi connectivity index (χ3n) is 5.12. The Hall–Kier alpha value is -3.39. The Kier molecular flexibility index (Phi) is 3.19. The van der Waals surface area contributed by atoms with Crippen LogP contribution in [0.15, 0.2) is 72.8 Å². The molecule has 0 aliphatic heterocycles. The van der Waals surface area contributed by atoms with Gasteiger partial charge in [0.15, 0.2) is 5.78 Å². The van der Waals surface area contributed by atoms with E-state index in [2.05, 4.69) is 36.4 Å². The monoisotopic (exact) mass is 336 g/mol. The van der Waals surface area contributed by atoms with E-state index in [1.165, 1.54) is 0 Å². The number of hydrogen-bond acceptors (Lipinski definition) is 2. The van der Waals surface area contributed by atoms with Gasteiger partial charge in [0.25, 0.3) is 0 Å². The van der Waals surface area contributed by atoms with Crippen molar-refractivity contribution in [1.29, 1.82) is 0 Å². The van der Waals surface area contributed by atoms with Crippen molar-refractivity contribution in [3.8, 4) is 16.9 Å². The predicted octanol–water partition coefficient (Wildman–Crippen LogP) is 5.88. The van der Waals surface area contributed by atoms with Crippen molar-refractivity contribution in [3.63, 3.8) is 0 Å². The van der Waals surface area contributed by atoms with Gasteiger partial charge in [0, 0.05) is 16.5 Å². The molecule has 1 aliphatic carbocycles. The largest absolute Gasteiger partial charge is 0.496 e. The van der Waals surface area contributed by atoms with E-state index >= 15 is 0 Å². The van der Waals surface area contributed by atoms with Crippen molar-refractivity contribution in [1.82, 2.24) is 0 Å². The second kappa shape index (κ2) is 5.57. The third-order valence-corrected chi connectivity index (χ3v) is 5.12. The number of benzene rings is 4. The number of methoxy groups -OCH3 is 1. The Bertz CT molecular complexity index is 1230. The van der Waals surface area contributed by atoms with Gasteiger partial charge in [-0.3, -0.25) is 4.79 Å². The fraction of sp³-hybridized carbons (Fsp3) is 0.0417. The Morgan fingerprint density at radius 1 is 0.731 bits per heavy atom. The van der Waals surface area contributed by atoms with Gasteiger partial charge in [-0.15, -0.1) is 0 Å². The van der Waals surface area contributed by atoms with Crippen molar-refractivity contribution in [2.24, 2.45) is 0 Å². The molecule has 5 rings (SSSR count). The van der Waals surface area contributed by atoms with Crippen molar-refractivity contribution >= 4 is 33.4 Å². The van der Waals surface area contributed by atoms with E-state index in [0.717, 1.165) is 49.5 Å². The quantitative estimate of drug-likeness (QED) is 0.457. The Balaban J connectivity index is 1.97. The first-order chi connectivity index (χ1) is 12.8. The second-order valence-corrected chi connectivity index (χ2v) is 6.50. The number of carbonyl (C=O) groups excluding carboxylic acids is 1. The van der Waals surface area contributed by atoms with Crippen LogP contribution in [0, 0.1) is 0 Å². The van der Waals surface area contributed by atoms with E-state index in [9.17, 15) is 4.79 Å². The molecule has 0 aromatic heterocycles. The van der Waals surface area contributed by atoms with E-state index in [1.54, 1.807) is 13.2 Å². The maximum absolute atomic E-state index is 12.9. The first-order valence-electron chi connectivity index (χ1n) is 8.62. The maximum atomic E-state index is 12.9. The second-order valence-electron chi connectivity index (χ2n) is 6.50. The van der Waals surface area contributed by atoms with Crippen molar-refractivity contribution in [3.05, 3.63) is 83.9 Å². The molecule has 0 fully saturated rings. The molecule has 0 spiro atoms. The topological polar surface area (TPSA) is 26.3 Å². The average Bonchev–Trinajstić information content (AvgIpc) is 2.70. The zero-order valence-electron chi connectivity index (χ0n) is 14.3. The first-order valence-corrected chi connectivity index (χ1v) is 8.62. The van der Waals surface area contributed by atoms with Crippen LogP contribution in [0.5, 0.6) is 5.75 Å². The maximum Gasteiger partial charge on any atom is 0.187 e. The molecule has 0 N–H and O–H groups in total. The first kappa shape index (κ1) is 14.9. The highest BCUT2D eigenvalue weighted by molar-refractivity contribution is 6.24. The smallest absolute Gasteiger partial charge is 0.187 e. The van der Waals surface area contributed by atoms with E-state index in [-0.39, 0.29) is 5.78 Å². The SMILES string of the molecule is COc1ccc2ccccc2c1-c1ccc2cccc3c2c1C(=O)C=C3. The number of carbonyl (C=O) groups is 1. The van der Waals surface area contributed by atoms with Crippen molar-refractivity contribution < 1.29 is 9.53 Å². The predicted molar refractivity (Wildman–Crippen MR) is 107 cm³/mol. The van der Waals surface area contributed by atoms with Crippen LogP contribution >= 0.6 is 0 Å². The molecule has 0 heterocycles. The molecule has 0 radical (unpaired) electrons. The molecule has 0 unspecified atom stereocenters. The van der Waals surface area contributed by atoms with Gasteiger partial charge in [0.1, 0.15) is 5.75 Å². The molecule has 1 aliphatic rings. The molecule has 0 saturated carbocycles. The summed E-state index contributed by atoms with van der Waals surface area (Å²) in [5, 5.41) is 4.32. The molecule has 124 valence electrons. The van der Waals surface area contributed by atoms with E-state index < -0.39 is 0 Å². The average molecular weight is 336 g/mol. The lowest BCUT2D eigenvalue weighted by Gasteiger charge is -2.19. The van der Waals surface area contributed by atoms with Gasteiger partial charge in [-0.25, -0.2) is 0 Å². The van der Waals surface area contributed by atoms with Gasteiger partial charge < -0.3 is 4.74 Å². The zero-order chi connectivity index (χ0) is 17.7. The number of ketones is 1. The van der Waals surface area contributed by atoms with Crippen LogP contribution in [0.3, 0.4) is 0 Å². The number of allylic oxidation sites excluding steroid dienone is 1. The zero-order valence-corrected chi connectivity index (χ0v) is 14.3. The van der Waals surface area contributed by atoms with Crippen molar-refractivity contribution in [2.75, 3.05) is 7.11 Å². The molecule has 4 aromatic rings. The summed E-state index contributed by atoms with van der Waals surface area (Å²) in [6.45, 7) is 0. The van der Waals surface area contributed by atoms with Gasteiger partial charge in [-0.1, -0.05) is 66.7 Å². The van der Waals surface area contributed by atoms with Crippen molar-refractivity contribution in [2.45, 2.75) is 0 Å². The molecule has 4 aromatic carbocycles. The highest BCUT2D eigenvalue weighted by atomic mass is 16.5. The molecule has 0 saturated heterocycles. The Morgan fingerprint density at radius 3 is 2.42 bits per heavy atom. The summed E-state index contributed by atoms with van der Waals surface area (Å²) in [7, 11) is 1.67. The minimum Gasteiger partial charge on any atom is -0.496 e. The van der Waals surface area contributed by atoms with Gasteiger partial charge in [-0.05, 0) is 39.4 Å². The van der Waals surface area contributed by atoms with Crippen LogP contribution < -0.4 is 4.74 Å².